The summed E-state index contributed by atoms with van der Waals surface area (Å²) in [4.78, 5) is 62.9. The van der Waals surface area contributed by atoms with E-state index in [0.717, 1.165) is 10.5 Å². The van der Waals surface area contributed by atoms with E-state index in [2.05, 4.69) is 10.6 Å². The Morgan fingerprint density at radius 3 is 2.22 bits per heavy atom. The number of aryl methyl sites for hydroxylation is 1. The number of imide groups is 2. The third kappa shape index (κ3) is 9.17. The molecule has 1 saturated heterocycles. The van der Waals surface area contributed by atoms with Crippen molar-refractivity contribution < 1.29 is 55.5 Å². The maximum Gasteiger partial charge on any atom is 0.297 e. The molecule has 2 heterocycles. The molecule has 248 valence electrons. The molecule has 15 nitrogen and oxygen atoms in total. The predicted molar refractivity (Wildman–Crippen MR) is 158 cm³/mol. The highest BCUT2D eigenvalue weighted by Crippen LogP contribution is 2.33. The van der Waals surface area contributed by atoms with Crippen LogP contribution >= 0.6 is 0 Å². The van der Waals surface area contributed by atoms with E-state index in [1.807, 2.05) is 6.92 Å². The van der Waals surface area contributed by atoms with E-state index in [-0.39, 0.29) is 87.4 Å². The van der Waals surface area contributed by atoms with Crippen LogP contribution in [0.25, 0.3) is 0 Å². The summed E-state index contributed by atoms with van der Waals surface area (Å²) in [6.07, 6.45) is 0.0291. The summed E-state index contributed by atoms with van der Waals surface area (Å²) in [7, 11) is -3.83. The largest absolute Gasteiger partial charge is 0.483 e. The molecule has 2 aromatic rings. The Labute approximate surface area is 265 Å². The predicted octanol–water partition coefficient (Wildman–Crippen LogP) is 0.347. The van der Waals surface area contributed by atoms with Crippen LogP contribution in [0.5, 0.6) is 5.75 Å². The van der Waals surface area contributed by atoms with Gasteiger partial charge in [0.2, 0.25) is 11.8 Å². The molecule has 2 aromatic carbocycles. The second-order valence-electron chi connectivity index (χ2n) is 10.2. The minimum atomic E-state index is -3.83. The molecule has 1 atom stereocenters. The molecule has 0 spiro atoms. The number of carbonyl (C=O) groups excluding carboxylic acids is 5. The van der Waals surface area contributed by atoms with Crippen molar-refractivity contribution in [1.29, 1.82) is 0 Å². The molecule has 5 amide bonds. The normalized spacial score (nSPS) is 16.4. The number of nitrogens with one attached hydrogen (secondary N) is 2. The maximum absolute atomic E-state index is 13.1. The molecule has 0 aliphatic carbocycles. The van der Waals surface area contributed by atoms with Gasteiger partial charge in [0.15, 0.2) is 6.61 Å². The molecular formula is C30H35N3O12S. The van der Waals surface area contributed by atoms with Crippen LogP contribution < -0.4 is 15.4 Å². The van der Waals surface area contributed by atoms with Crippen molar-refractivity contribution in [2.24, 2.45) is 0 Å². The minimum absolute atomic E-state index is 0.00253. The number of hydrogen-bond acceptors (Lipinski definition) is 12. The van der Waals surface area contributed by atoms with Crippen LogP contribution in [0.3, 0.4) is 0 Å². The molecule has 1 unspecified atom stereocenters. The number of nitrogens with zero attached hydrogens (tertiary/aromatic N) is 1. The first-order chi connectivity index (χ1) is 22.1. The third-order valence-corrected chi connectivity index (χ3v) is 8.20. The van der Waals surface area contributed by atoms with Crippen LogP contribution in [0, 0.1) is 6.92 Å². The molecule has 0 aromatic heterocycles. The molecule has 46 heavy (non-hydrogen) atoms. The van der Waals surface area contributed by atoms with Gasteiger partial charge in [0.1, 0.15) is 11.8 Å². The Hall–Kier alpha value is -4.22. The molecule has 16 heteroatoms. The first-order valence-corrected chi connectivity index (χ1v) is 15.9. The summed E-state index contributed by atoms with van der Waals surface area (Å²) in [6, 6.07) is 9.62. The van der Waals surface area contributed by atoms with Gasteiger partial charge in [0, 0.05) is 13.0 Å². The first-order valence-electron chi connectivity index (χ1n) is 14.5. The molecular weight excluding hydrogens is 626 g/mol. The molecule has 2 aliphatic heterocycles. The standard InChI is InChI=1S/C30H35N3O12S/c1-20-5-7-21(8-6-20)46(39,40)45-18-17-43-16-15-42-14-13-41-12-11-31-26(35)19-44-24-4-2-3-22-27(24)30(38)33(29(22)37)23-9-10-25(34)32-28(23)36/h2-8,23H,9-19H2,1H3,(H,31,35)(H,32,34,36). The lowest BCUT2D eigenvalue weighted by atomic mass is 10.0. The molecule has 1 fully saturated rings. The van der Waals surface area contributed by atoms with Crippen molar-refractivity contribution in [2.45, 2.75) is 30.7 Å². The summed E-state index contributed by atoms with van der Waals surface area (Å²) < 4.78 is 50.8. The zero-order valence-electron chi connectivity index (χ0n) is 25.2. The Kier molecular flexibility index (Phi) is 12.3. The van der Waals surface area contributed by atoms with Crippen LogP contribution in [-0.2, 0) is 42.9 Å². The Bertz CT molecular complexity index is 1540. The fourth-order valence-electron chi connectivity index (χ4n) is 4.58. The highest BCUT2D eigenvalue weighted by Gasteiger charge is 2.46. The van der Waals surface area contributed by atoms with Crippen molar-refractivity contribution in [3.05, 3.63) is 59.2 Å². The third-order valence-electron chi connectivity index (χ3n) is 6.88. The lowest BCUT2D eigenvalue weighted by Crippen LogP contribution is -2.54. The number of carbonyl (C=O) groups is 5. The highest BCUT2D eigenvalue weighted by atomic mass is 32.2. The molecule has 0 bridgehead atoms. The fraction of sp³-hybridized carbons (Fsp3) is 0.433. The van der Waals surface area contributed by atoms with Crippen LogP contribution in [0.1, 0.15) is 39.1 Å². The van der Waals surface area contributed by atoms with Crippen molar-refractivity contribution in [3.8, 4) is 5.75 Å². The number of hydrogen-bond donors (Lipinski definition) is 2. The first kappa shape index (κ1) is 34.6. The number of benzene rings is 2. The molecule has 4 rings (SSSR count). The summed E-state index contributed by atoms with van der Waals surface area (Å²) in [5.41, 5.74) is 0.949. The van der Waals surface area contributed by atoms with Gasteiger partial charge < -0.3 is 24.3 Å². The van der Waals surface area contributed by atoms with Gasteiger partial charge in [0.05, 0.1) is 62.3 Å². The van der Waals surface area contributed by atoms with Gasteiger partial charge in [-0.3, -0.25) is 38.4 Å². The van der Waals surface area contributed by atoms with Crippen LogP contribution in [0.2, 0.25) is 0 Å². The quantitative estimate of drug-likeness (QED) is 0.127. The zero-order chi connectivity index (χ0) is 33.1. The fourth-order valence-corrected chi connectivity index (χ4v) is 5.47. The van der Waals surface area contributed by atoms with Crippen LogP contribution in [0.4, 0.5) is 0 Å². The summed E-state index contributed by atoms with van der Waals surface area (Å²) in [6.45, 7) is 2.83. The molecule has 2 N–H and O–H groups in total. The Balaban J connectivity index is 1.04. The lowest BCUT2D eigenvalue weighted by Gasteiger charge is -2.27. The van der Waals surface area contributed by atoms with E-state index in [0.29, 0.717) is 0 Å². The average Bonchev–Trinajstić information content (AvgIpc) is 3.28. The smallest absolute Gasteiger partial charge is 0.297 e. The average molecular weight is 662 g/mol. The monoisotopic (exact) mass is 661 g/mol. The second-order valence-corrected chi connectivity index (χ2v) is 11.8. The van der Waals surface area contributed by atoms with Gasteiger partial charge in [-0.05, 0) is 37.6 Å². The van der Waals surface area contributed by atoms with Crippen LogP contribution in [-0.4, -0.2) is 108 Å². The van der Waals surface area contributed by atoms with E-state index >= 15 is 0 Å². The molecule has 2 aliphatic rings. The van der Waals surface area contributed by atoms with E-state index in [9.17, 15) is 32.4 Å². The maximum atomic E-state index is 13.1. The SMILES string of the molecule is Cc1ccc(S(=O)(=O)OCCOCCOCCOCCNC(=O)COc2cccc3c2C(=O)N(C2CCC(=O)NC2=O)C3=O)cc1. The van der Waals surface area contributed by atoms with Gasteiger partial charge in [0.25, 0.3) is 27.8 Å². The highest BCUT2D eigenvalue weighted by molar-refractivity contribution is 7.86. The summed E-state index contributed by atoms with van der Waals surface area (Å²) in [5.74, 6) is -3.05. The van der Waals surface area contributed by atoms with Crippen LogP contribution in [0.15, 0.2) is 47.4 Å². The number of piperidine rings is 1. The number of rotatable bonds is 18. The summed E-state index contributed by atoms with van der Waals surface area (Å²) in [5, 5.41) is 4.75. The number of fused-ring (bicyclic) bond motifs is 1. The van der Waals surface area contributed by atoms with Crippen molar-refractivity contribution in [2.75, 3.05) is 59.4 Å². The van der Waals surface area contributed by atoms with Gasteiger partial charge in [-0.1, -0.05) is 23.8 Å². The van der Waals surface area contributed by atoms with E-state index < -0.39 is 52.3 Å². The molecule has 0 saturated carbocycles. The van der Waals surface area contributed by atoms with E-state index in [1.165, 1.54) is 30.3 Å². The Morgan fingerprint density at radius 1 is 0.891 bits per heavy atom. The summed E-state index contributed by atoms with van der Waals surface area (Å²) >= 11 is 0. The van der Waals surface area contributed by atoms with Crippen molar-refractivity contribution in [1.82, 2.24) is 15.5 Å². The van der Waals surface area contributed by atoms with Gasteiger partial charge in [-0.25, -0.2) is 0 Å². The second kappa shape index (κ2) is 16.4. The topological polar surface area (TPSA) is 193 Å². The number of amides is 5. The Morgan fingerprint density at radius 2 is 1.54 bits per heavy atom. The number of ether oxygens (including phenoxy) is 4. The van der Waals surface area contributed by atoms with Crippen molar-refractivity contribution in [3.63, 3.8) is 0 Å². The zero-order valence-corrected chi connectivity index (χ0v) is 26.0. The lowest BCUT2D eigenvalue weighted by molar-refractivity contribution is -0.136. The minimum Gasteiger partial charge on any atom is -0.483 e. The van der Waals surface area contributed by atoms with E-state index in [4.69, 9.17) is 23.1 Å². The van der Waals surface area contributed by atoms with Gasteiger partial charge >= 0.3 is 0 Å². The van der Waals surface area contributed by atoms with Gasteiger partial charge in [-0.2, -0.15) is 8.42 Å². The van der Waals surface area contributed by atoms with Crippen molar-refractivity contribution >= 4 is 39.7 Å². The van der Waals surface area contributed by atoms with Gasteiger partial charge in [-0.15, -0.1) is 0 Å². The molecule has 0 radical (unpaired) electrons. The van der Waals surface area contributed by atoms with E-state index in [1.54, 1.807) is 12.1 Å².